The summed E-state index contributed by atoms with van der Waals surface area (Å²) in [6, 6.07) is 16.7. The zero-order valence-electron chi connectivity index (χ0n) is 18.9. The first-order valence-corrected chi connectivity index (χ1v) is 13.2. The van der Waals surface area contributed by atoms with E-state index >= 15 is 0 Å². The van der Waals surface area contributed by atoms with Crippen molar-refractivity contribution in [3.05, 3.63) is 48.5 Å². The fourth-order valence-corrected chi connectivity index (χ4v) is 4.77. The van der Waals surface area contributed by atoms with Crippen molar-refractivity contribution in [1.29, 1.82) is 0 Å². The molecule has 0 saturated carbocycles. The number of piperidine rings is 1. The van der Waals surface area contributed by atoms with Crippen molar-refractivity contribution in [2.75, 3.05) is 25.8 Å². The Kier molecular flexibility index (Phi) is 7.58. The third-order valence-corrected chi connectivity index (χ3v) is 6.59. The lowest BCUT2D eigenvalue weighted by Crippen LogP contribution is -2.31. The Morgan fingerprint density at radius 3 is 2.21 bits per heavy atom. The molecule has 0 spiro atoms. The van der Waals surface area contributed by atoms with E-state index in [1.54, 1.807) is 0 Å². The van der Waals surface area contributed by atoms with Crippen molar-refractivity contribution in [2.24, 2.45) is 0 Å². The second-order valence-electron chi connectivity index (χ2n) is 8.53. The van der Waals surface area contributed by atoms with E-state index < -0.39 is 19.7 Å². The van der Waals surface area contributed by atoms with E-state index in [-0.39, 0.29) is 0 Å². The molecular weight excluding hydrogens is 455 g/mol. The number of rotatable bonds is 6. The van der Waals surface area contributed by atoms with Gasteiger partial charge in [0.2, 0.25) is 0 Å². The zero-order chi connectivity index (χ0) is 24.1. The summed E-state index contributed by atoms with van der Waals surface area (Å²) in [5.41, 5.74) is 5.23. The monoisotopic (exact) mass is 484 g/mol. The Morgan fingerprint density at radius 1 is 0.912 bits per heavy atom. The van der Waals surface area contributed by atoms with Crippen LogP contribution in [0, 0.1) is 0 Å². The normalized spacial score (nSPS) is 14.9. The van der Waals surface area contributed by atoms with Crippen LogP contribution >= 0.6 is 7.60 Å². The van der Waals surface area contributed by atoms with Gasteiger partial charge >= 0.3 is 13.6 Å². The number of hydrogen-bond donors (Lipinski definition) is 3. The molecule has 34 heavy (non-hydrogen) atoms. The van der Waals surface area contributed by atoms with Crippen LogP contribution in [0.3, 0.4) is 0 Å². The molecular formula is C24H29N4O5P. The summed E-state index contributed by atoms with van der Waals surface area (Å²) < 4.78 is 12.1. The van der Waals surface area contributed by atoms with Gasteiger partial charge in [0.1, 0.15) is 11.7 Å². The number of nitrogens with zero attached hydrogens (tertiary/aromatic N) is 4. The van der Waals surface area contributed by atoms with Crippen molar-refractivity contribution >= 4 is 46.7 Å². The number of fused-ring (bicyclic) bond motifs is 4. The summed E-state index contributed by atoms with van der Waals surface area (Å²) in [6.07, 6.45) is 4.17. The molecule has 10 heteroatoms. The van der Waals surface area contributed by atoms with Gasteiger partial charge in [-0.15, -0.1) is 0 Å². The van der Waals surface area contributed by atoms with Gasteiger partial charge in [0.05, 0.1) is 16.6 Å². The van der Waals surface area contributed by atoms with E-state index in [2.05, 4.69) is 39.8 Å². The van der Waals surface area contributed by atoms with Crippen LogP contribution in [-0.2, 0) is 15.9 Å². The number of carboxylic acid groups (broad SMARTS) is 1. The number of para-hydroxylation sites is 3. The average molecular weight is 484 g/mol. The van der Waals surface area contributed by atoms with Crippen LogP contribution in [0.2, 0.25) is 0 Å². The Morgan fingerprint density at radius 2 is 1.56 bits per heavy atom. The second-order valence-corrected chi connectivity index (χ2v) is 10.2. The van der Waals surface area contributed by atoms with Gasteiger partial charge in [-0.3, -0.25) is 9.36 Å². The van der Waals surface area contributed by atoms with Crippen LogP contribution in [0.4, 0.5) is 0 Å². The smallest absolute Gasteiger partial charge is 0.336 e. The average Bonchev–Trinajstić information content (AvgIpc) is 3.10. The minimum atomic E-state index is -4.32. The molecule has 0 bridgehead atoms. The molecule has 3 heterocycles. The molecule has 0 aliphatic carbocycles. The van der Waals surface area contributed by atoms with Crippen molar-refractivity contribution in [1.82, 2.24) is 19.4 Å². The number of aryl methyl sites for hydroxylation is 1. The highest BCUT2D eigenvalue weighted by atomic mass is 31.2. The SMILES string of the molecule is O=C(O)CP(=O)(O)O.c1ccc2nc3c(nc2c1)c1ccccc1n3CCCN1CCCCC1. The maximum Gasteiger partial charge on any atom is 0.336 e. The number of carboxylic acids is 1. The fraction of sp³-hybridized carbons (Fsp3) is 0.375. The largest absolute Gasteiger partial charge is 0.481 e. The predicted molar refractivity (Wildman–Crippen MR) is 132 cm³/mol. The van der Waals surface area contributed by atoms with Crippen molar-refractivity contribution in [2.45, 2.75) is 32.2 Å². The Bertz CT molecular complexity index is 1340. The second kappa shape index (κ2) is 10.6. The number of aromatic nitrogens is 3. The number of aliphatic carboxylic acids is 1. The molecule has 1 saturated heterocycles. The maximum absolute atomic E-state index is 9.76. The van der Waals surface area contributed by atoms with E-state index in [9.17, 15) is 9.36 Å². The molecule has 1 aliphatic rings. The van der Waals surface area contributed by atoms with E-state index in [1.165, 1.54) is 49.8 Å². The van der Waals surface area contributed by atoms with Crippen LogP contribution in [0.5, 0.6) is 0 Å². The summed E-state index contributed by atoms with van der Waals surface area (Å²) in [7, 11) is -4.32. The zero-order valence-corrected chi connectivity index (χ0v) is 19.8. The third kappa shape index (κ3) is 5.98. The van der Waals surface area contributed by atoms with Crippen molar-refractivity contribution < 1.29 is 24.3 Å². The third-order valence-electron chi connectivity index (χ3n) is 5.90. The van der Waals surface area contributed by atoms with Crippen LogP contribution in [0.25, 0.3) is 33.1 Å². The van der Waals surface area contributed by atoms with Crippen LogP contribution in [0.15, 0.2) is 48.5 Å². The van der Waals surface area contributed by atoms with Gasteiger partial charge in [0.15, 0.2) is 5.65 Å². The minimum Gasteiger partial charge on any atom is -0.481 e. The molecule has 0 amide bonds. The lowest BCUT2D eigenvalue weighted by atomic mass is 10.1. The van der Waals surface area contributed by atoms with E-state index in [0.717, 1.165) is 35.2 Å². The van der Waals surface area contributed by atoms with Gasteiger partial charge in [-0.05, 0) is 57.1 Å². The standard InChI is InChI=1S/C22H24N4.C2H5O5P/c1-6-13-25(14-7-1)15-8-16-26-20-12-5-2-9-17(20)21-22(26)24-19-11-4-3-10-18(19)23-21;3-2(4)1-8(5,6)7/h2-5,9-12H,1,6-8,13-16H2;1H2,(H,3,4)(H2,5,6,7). The quantitative estimate of drug-likeness (QED) is 0.352. The van der Waals surface area contributed by atoms with Crippen LogP contribution < -0.4 is 0 Å². The molecule has 3 N–H and O–H groups in total. The number of hydrogen-bond acceptors (Lipinski definition) is 5. The molecule has 9 nitrogen and oxygen atoms in total. The van der Waals surface area contributed by atoms with Gasteiger partial charge in [0, 0.05) is 11.9 Å². The van der Waals surface area contributed by atoms with E-state index in [1.807, 2.05) is 18.2 Å². The molecule has 5 rings (SSSR count). The van der Waals surface area contributed by atoms with E-state index in [4.69, 9.17) is 24.9 Å². The first-order chi connectivity index (χ1) is 16.3. The van der Waals surface area contributed by atoms with Crippen molar-refractivity contribution in [3.63, 3.8) is 0 Å². The van der Waals surface area contributed by atoms with Gasteiger partial charge in [0.25, 0.3) is 0 Å². The first-order valence-electron chi connectivity index (χ1n) is 11.4. The van der Waals surface area contributed by atoms with Gasteiger partial charge in [-0.1, -0.05) is 36.8 Å². The molecule has 180 valence electrons. The van der Waals surface area contributed by atoms with Gasteiger partial charge < -0.3 is 24.4 Å². The highest BCUT2D eigenvalue weighted by molar-refractivity contribution is 7.52. The first kappa shape index (κ1) is 24.3. The number of carbonyl (C=O) groups is 1. The predicted octanol–water partition coefficient (Wildman–Crippen LogP) is 3.86. The molecule has 2 aromatic carbocycles. The molecule has 4 aromatic rings. The Labute approximate surface area is 197 Å². The fourth-order valence-electron chi connectivity index (χ4n) is 4.42. The minimum absolute atomic E-state index is 0.969. The lowest BCUT2D eigenvalue weighted by Gasteiger charge is -2.26. The molecule has 0 atom stereocenters. The lowest BCUT2D eigenvalue weighted by molar-refractivity contribution is -0.134. The van der Waals surface area contributed by atoms with Crippen LogP contribution in [0.1, 0.15) is 25.7 Å². The summed E-state index contributed by atoms with van der Waals surface area (Å²) in [5.74, 6) is -1.49. The maximum atomic E-state index is 9.76. The molecule has 2 aromatic heterocycles. The number of benzene rings is 2. The highest BCUT2D eigenvalue weighted by Crippen LogP contribution is 2.33. The molecule has 0 radical (unpaired) electrons. The Balaban J connectivity index is 0.000000297. The van der Waals surface area contributed by atoms with E-state index in [0.29, 0.717) is 0 Å². The molecule has 1 fully saturated rings. The highest BCUT2D eigenvalue weighted by Gasteiger charge is 2.17. The number of likely N-dealkylation sites (tertiary alicyclic amines) is 1. The summed E-state index contributed by atoms with van der Waals surface area (Å²) in [5, 5.41) is 8.96. The summed E-state index contributed by atoms with van der Waals surface area (Å²) in [6.45, 7) is 4.69. The summed E-state index contributed by atoms with van der Waals surface area (Å²) in [4.78, 5) is 37.9. The van der Waals surface area contributed by atoms with Gasteiger partial charge in [-0.2, -0.15) is 0 Å². The Hall–Kier alpha value is -2.84. The topological polar surface area (TPSA) is 129 Å². The van der Waals surface area contributed by atoms with Crippen molar-refractivity contribution in [3.8, 4) is 0 Å². The summed E-state index contributed by atoms with van der Waals surface area (Å²) >= 11 is 0. The van der Waals surface area contributed by atoms with Gasteiger partial charge in [-0.25, -0.2) is 9.97 Å². The van der Waals surface area contributed by atoms with Crippen LogP contribution in [-0.4, -0.2) is 66.1 Å². The molecule has 0 unspecified atom stereocenters. The molecule has 1 aliphatic heterocycles.